The summed E-state index contributed by atoms with van der Waals surface area (Å²) in [7, 11) is -4.22. The zero-order valence-corrected chi connectivity index (χ0v) is 35.6. The number of hydrogen-bond donors (Lipinski definition) is 3. The Morgan fingerprint density at radius 2 is 1.63 bits per heavy atom. The molecule has 0 spiro atoms. The Balaban J connectivity index is 1.05. The first-order chi connectivity index (χ1) is 28.5. The van der Waals surface area contributed by atoms with Crippen LogP contribution in [0.3, 0.4) is 0 Å². The molecule has 13 nitrogen and oxygen atoms in total. The van der Waals surface area contributed by atoms with E-state index in [-0.39, 0.29) is 48.5 Å². The Hall–Kier alpha value is -4.55. The first-order valence-electron chi connectivity index (χ1n) is 21.2. The number of phosphoric ester groups is 1. The Morgan fingerprint density at radius 3 is 2.32 bits per heavy atom. The molecule has 5 rings (SSSR count). The zero-order valence-electron chi connectivity index (χ0n) is 34.7. The van der Waals surface area contributed by atoms with Gasteiger partial charge in [-0.25, -0.2) is 9.55 Å². The monoisotopic (exact) mass is 831 g/mol. The summed E-state index contributed by atoms with van der Waals surface area (Å²) in [6, 6.07) is 15.6. The fraction of sp³-hybridized carbons (Fsp3) is 0.511. The first kappa shape index (κ1) is 45.5. The summed E-state index contributed by atoms with van der Waals surface area (Å²) in [4.78, 5) is 35.8. The summed E-state index contributed by atoms with van der Waals surface area (Å²) in [6.45, 7) is 8.14. The van der Waals surface area contributed by atoms with Gasteiger partial charge < -0.3 is 24.7 Å². The van der Waals surface area contributed by atoms with E-state index in [0.717, 1.165) is 12.0 Å². The molecule has 1 aliphatic carbocycles. The van der Waals surface area contributed by atoms with E-state index < -0.39 is 30.9 Å². The number of allylic oxidation sites excluding steroid dienone is 2. The molecule has 0 aliphatic heterocycles. The summed E-state index contributed by atoms with van der Waals surface area (Å²) < 4.78 is 38.8. The fourth-order valence-corrected chi connectivity index (χ4v) is 8.70. The Bertz CT molecular complexity index is 2070. The highest BCUT2D eigenvalue weighted by molar-refractivity contribution is 7.48. The van der Waals surface area contributed by atoms with Crippen LogP contribution in [0.1, 0.15) is 116 Å². The van der Waals surface area contributed by atoms with Crippen molar-refractivity contribution < 1.29 is 32.8 Å². The third-order valence-corrected chi connectivity index (χ3v) is 12.4. The van der Waals surface area contributed by atoms with E-state index in [2.05, 4.69) is 40.6 Å². The van der Waals surface area contributed by atoms with Gasteiger partial charge in [0.25, 0.3) is 5.56 Å². The number of aromatic nitrogens is 4. The maximum atomic E-state index is 14.1. The lowest BCUT2D eigenvalue weighted by Crippen LogP contribution is -2.30. The van der Waals surface area contributed by atoms with Gasteiger partial charge in [0.1, 0.15) is 11.5 Å². The molecule has 2 aromatic heterocycles. The number of aromatic amines is 1. The summed E-state index contributed by atoms with van der Waals surface area (Å²) in [5, 5.41) is 11.2. The normalized spacial score (nSPS) is 19.1. The number of para-hydroxylation sites is 1. The molecule has 4 N–H and O–H groups in total. The Labute approximate surface area is 348 Å². The van der Waals surface area contributed by atoms with Gasteiger partial charge >= 0.3 is 13.8 Å². The van der Waals surface area contributed by atoms with Crippen molar-refractivity contribution in [2.45, 2.75) is 128 Å². The number of nitrogens with zero attached hydrogens (tertiary/aromatic N) is 3. The molecule has 1 saturated carbocycles. The smallest absolute Gasteiger partial charge is 0.427 e. The second kappa shape index (κ2) is 22.7. The number of carbonyl (C=O) groups is 1. The number of aliphatic hydroxyl groups is 1. The number of ether oxygens (including phenoxy) is 1. The Morgan fingerprint density at radius 1 is 0.966 bits per heavy atom. The van der Waals surface area contributed by atoms with Crippen LogP contribution in [0.15, 0.2) is 90.0 Å². The number of carbonyl (C=O) groups excluding carboxylic acids is 1. The number of unbranched alkanes of at least 4 members (excludes halogenated alkanes) is 11. The third kappa shape index (κ3) is 13.5. The number of nitrogen functional groups attached to an aromatic ring is 1. The first-order valence-corrected chi connectivity index (χ1v) is 22.7. The lowest BCUT2D eigenvalue weighted by Gasteiger charge is -2.29. The lowest BCUT2D eigenvalue weighted by molar-refractivity contribution is -0.134. The van der Waals surface area contributed by atoms with Crippen LogP contribution in [0.4, 0.5) is 5.95 Å². The second-order valence-electron chi connectivity index (χ2n) is 15.6. The molecule has 0 radical (unpaired) electrons. The number of aliphatic hydroxyl groups excluding tert-OH is 1. The molecule has 59 heavy (non-hydrogen) atoms. The van der Waals surface area contributed by atoms with E-state index in [0.29, 0.717) is 30.6 Å². The molecule has 1 fully saturated rings. The molecule has 2 heterocycles. The van der Waals surface area contributed by atoms with Crippen molar-refractivity contribution in [2.75, 3.05) is 18.9 Å². The number of anilines is 1. The van der Waals surface area contributed by atoms with Crippen molar-refractivity contribution in [3.63, 3.8) is 0 Å². The summed E-state index contributed by atoms with van der Waals surface area (Å²) in [6.07, 6.45) is 21.9. The van der Waals surface area contributed by atoms with Crippen LogP contribution in [0, 0.1) is 5.92 Å². The number of phosphoric acid groups is 1. The molecule has 3 unspecified atom stereocenters. The van der Waals surface area contributed by atoms with E-state index in [4.69, 9.17) is 24.0 Å². The van der Waals surface area contributed by atoms with Crippen LogP contribution in [-0.2, 0) is 30.4 Å². The zero-order chi connectivity index (χ0) is 42.1. The molecule has 0 amide bonds. The fourth-order valence-electron chi connectivity index (χ4n) is 7.48. The van der Waals surface area contributed by atoms with Gasteiger partial charge in [-0.3, -0.25) is 23.6 Å². The van der Waals surface area contributed by atoms with Crippen LogP contribution in [0.25, 0.3) is 11.2 Å². The van der Waals surface area contributed by atoms with Crippen molar-refractivity contribution in [1.82, 2.24) is 19.5 Å². The van der Waals surface area contributed by atoms with Gasteiger partial charge in [0.2, 0.25) is 5.95 Å². The van der Waals surface area contributed by atoms with Gasteiger partial charge in [0, 0.05) is 18.8 Å². The van der Waals surface area contributed by atoms with Gasteiger partial charge in [0.05, 0.1) is 31.2 Å². The molecule has 320 valence electrons. The van der Waals surface area contributed by atoms with E-state index in [1.54, 1.807) is 47.0 Å². The quantitative estimate of drug-likeness (QED) is 0.0180. The minimum atomic E-state index is -4.22. The maximum Gasteiger partial charge on any atom is 0.530 e. The molecule has 4 atom stereocenters. The van der Waals surface area contributed by atoms with Gasteiger partial charge in [-0.05, 0) is 68.0 Å². The number of nitrogens with two attached hydrogens (primary N) is 1. The number of nitrogens with one attached hydrogen (secondary N) is 1. The third-order valence-electron chi connectivity index (χ3n) is 11.0. The molecule has 4 aromatic rings. The Kier molecular flexibility index (Phi) is 17.5. The standard InChI is InChI=1S/C45H62N5O8P/c1-4-5-6-7-8-9-10-11-12-13-14-15-16-17-21-24-40(52)57-36-27-25-35(26-28-36)29-30-55-59(54,58-37-22-19-18-20-23-37)56-32-38-34(2)45(3,31-39(38)51)50-33-47-41-42(50)48-44(46)49-43(41)53/h16-20,22-23,25-28,33,38-39,51H,2,4-15,21,24,29-32H2,1,3H3,(H3,46,48,49,53)/b17-16+/t38-,39?,45?,59?/m0/s1. The van der Waals surface area contributed by atoms with E-state index in [9.17, 15) is 19.3 Å². The minimum absolute atomic E-state index is 0.0106. The average Bonchev–Trinajstić information content (AvgIpc) is 3.74. The molecule has 14 heteroatoms. The van der Waals surface area contributed by atoms with E-state index >= 15 is 0 Å². The lowest BCUT2D eigenvalue weighted by atomic mass is 9.92. The molecule has 2 aromatic carbocycles. The second-order valence-corrected chi connectivity index (χ2v) is 17.2. The highest BCUT2D eigenvalue weighted by Crippen LogP contribution is 2.52. The highest BCUT2D eigenvalue weighted by atomic mass is 31.2. The maximum absolute atomic E-state index is 14.1. The number of hydrogen-bond acceptors (Lipinski definition) is 11. The predicted molar refractivity (Wildman–Crippen MR) is 231 cm³/mol. The summed E-state index contributed by atoms with van der Waals surface area (Å²) in [5.41, 5.74) is 6.20. The SMILES string of the molecule is C=C1[C@H](COP(=O)(OCCc2ccc(OC(=O)CC/C=C/CCCCCCCCCCCCC)cc2)Oc2ccccc2)C(O)CC1(C)n1cnc2c(=O)[nH]c(N)nc21. The van der Waals surface area contributed by atoms with Gasteiger partial charge in [-0.15, -0.1) is 0 Å². The highest BCUT2D eigenvalue weighted by Gasteiger charge is 2.48. The number of rotatable bonds is 26. The topological polar surface area (TPSA) is 181 Å². The van der Waals surface area contributed by atoms with Gasteiger partial charge in [-0.1, -0.05) is 120 Å². The van der Waals surface area contributed by atoms with Crippen LogP contribution in [0.5, 0.6) is 11.5 Å². The number of imidazole rings is 1. The minimum Gasteiger partial charge on any atom is -0.427 e. The van der Waals surface area contributed by atoms with Crippen LogP contribution < -0.4 is 20.6 Å². The van der Waals surface area contributed by atoms with Crippen LogP contribution in [-0.4, -0.2) is 49.9 Å². The molecular weight excluding hydrogens is 769 g/mol. The molecule has 0 bridgehead atoms. The summed E-state index contributed by atoms with van der Waals surface area (Å²) >= 11 is 0. The van der Waals surface area contributed by atoms with Crippen LogP contribution in [0.2, 0.25) is 0 Å². The summed E-state index contributed by atoms with van der Waals surface area (Å²) in [5.74, 6) is -0.286. The molecule has 1 aliphatic rings. The van der Waals surface area contributed by atoms with Crippen LogP contribution >= 0.6 is 7.82 Å². The van der Waals surface area contributed by atoms with Gasteiger partial charge in [-0.2, -0.15) is 4.98 Å². The van der Waals surface area contributed by atoms with Crippen molar-refractivity contribution >= 4 is 30.9 Å². The average molecular weight is 832 g/mol. The van der Waals surface area contributed by atoms with Crippen molar-refractivity contribution in [1.29, 1.82) is 0 Å². The van der Waals surface area contributed by atoms with Gasteiger partial charge in [0.15, 0.2) is 11.2 Å². The molecular formula is C45H62N5O8P. The van der Waals surface area contributed by atoms with Crippen molar-refractivity contribution in [3.8, 4) is 11.5 Å². The predicted octanol–water partition coefficient (Wildman–Crippen LogP) is 9.76. The number of fused-ring (bicyclic) bond motifs is 1. The van der Waals surface area contributed by atoms with E-state index in [1.807, 2.05) is 19.1 Å². The largest absolute Gasteiger partial charge is 0.530 e. The number of esters is 1. The van der Waals surface area contributed by atoms with Crippen molar-refractivity contribution in [2.24, 2.45) is 5.92 Å². The number of benzene rings is 2. The number of H-pyrrole nitrogens is 1. The van der Waals surface area contributed by atoms with E-state index in [1.165, 1.54) is 77.0 Å². The van der Waals surface area contributed by atoms with Crippen molar-refractivity contribution in [3.05, 3.63) is 101 Å². The molecule has 0 saturated heterocycles.